The number of thiol groups is 1. The Labute approximate surface area is 146 Å². The third kappa shape index (κ3) is 12.2. The second-order valence-corrected chi connectivity index (χ2v) is 7.34. The van der Waals surface area contributed by atoms with Crippen LogP contribution in [0.15, 0.2) is 17.3 Å². The minimum Gasteiger partial charge on any atom is -0.444 e. The van der Waals surface area contributed by atoms with Crippen LogP contribution in [-0.4, -0.2) is 49.6 Å². The number of carbonyl (C=O) groups excluding carboxylic acids is 1. The van der Waals surface area contributed by atoms with Gasteiger partial charge in [-0.3, -0.25) is 13.8 Å². The summed E-state index contributed by atoms with van der Waals surface area (Å²) in [5.74, 6) is 0. The predicted molar refractivity (Wildman–Crippen MR) is 99.8 cm³/mol. The Morgan fingerprint density at radius 1 is 1.39 bits per heavy atom. The Morgan fingerprint density at radius 3 is 2.30 bits per heavy atom. The van der Waals surface area contributed by atoms with Crippen molar-refractivity contribution in [3.05, 3.63) is 12.4 Å². The van der Waals surface area contributed by atoms with Crippen LogP contribution < -0.4 is 5.32 Å². The summed E-state index contributed by atoms with van der Waals surface area (Å²) >= 11 is 3.53. The Hall–Kier alpha value is -0.900. The van der Waals surface area contributed by atoms with Crippen LogP contribution >= 0.6 is 23.2 Å². The van der Waals surface area contributed by atoms with E-state index in [2.05, 4.69) is 23.0 Å². The van der Waals surface area contributed by atoms with E-state index in [0.717, 1.165) is 0 Å². The van der Waals surface area contributed by atoms with Gasteiger partial charge in [0, 0.05) is 19.0 Å². The molecule has 1 rings (SSSR count). The summed E-state index contributed by atoms with van der Waals surface area (Å²) < 4.78 is 25.5. The fraction of sp³-hybridized carbons (Fsp3) is 0.714. The molecule has 0 aliphatic rings. The van der Waals surface area contributed by atoms with Crippen molar-refractivity contribution in [3.8, 4) is 0 Å². The van der Waals surface area contributed by atoms with Crippen molar-refractivity contribution in [2.45, 2.75) is 51.7 Å². The molecule has 0 atom stereocenters. The zero-order chi connectivity index (χ0) is 18.7. The van der Waals surface area contributed by atoms with Crippen LogP contribution in [0.25, 0.3) is 0 Å². The number of amides is 1. The van der Waals surface area contributed by atoms with E-state index in [4.69, 9.17) is 4.74 Å². The van der Waals surface area contributed by atoms with Gasteiger partial charge in [-0.05, 0) is 27.0 Å². The molecule has 1 aromatic rings. The van der Waals surface area contributed by atoms with Crippen LogP contribution in [0.1, 0.15) is 34.6 Å². The molecule has 23 heavy (non-hydrogen) atoms. The number of alkyl carbamates (subject to hydrolysis) is 1. The predicted octanol–water partition coefficient (Wildman–Crippen LogP) is 3.72. The van der Waals surface area contributed by atoms with Crippen LogP contribution in [-0.2, 0) is 11.3 Å². The van der Waals surface area contributed by atoms with Crippen LogP contribution in [0, 0.1) is 0 Å². The highest BCUT2D eigenvalue weighted by Crippen LogP contribution is 2.43. The number of carbonyl (C=O) groups is 1. The topological polar surface area (TPSA) is 96.6 Å². The second-order valence-electron chi connectivity index (χ2n) is 5.20. The van der Waals surface area contributed by atoms with E-state index in [9.17, 15) is 13.9 Å². The molecular formula is C14H31N3O4S2. The maximum absolute atomic E-state index is 11.4. The van der Waals surface area contributed by atoms with E-state index in [-0.39, 0.29) is 0 Å². The van der Waals surface area contributed by atoms with E-state index in [1.165, 1.54) is 17.1 Å². The van der Waals surface area contributed by atoms with E-state index in [1.54, 1.807) is 33.2 Å². The number of hydrogen-bond acceptors (Lipinski definition) is 6. The second kappa shape index (κ2) is 11.6. The molecule has 0 bridgehead atoms. The largest absolute Gasteiger partial charge is 0.444 e. The third-order valence-corrected chi connectivity index (χ3v) is 3.17. The monoisotopic (exact) mass is 369 g/mol. The first-order valence-corrected chi connectivity index (χ1v) is 10.1. The number of nitrogens with one attached hydrogen (secondary N) is 1. The van der Waals surface area contributed by atoms with Gasteiger partial charge in [-0.25, -0.2) is 4.79 Å². The van der Waals surface area contributed by atoms with Crippen molar-refractivity contribution in [2.75, 3.05) is 19.1 Å². The molecule has 1 heterocycles. The van der Waals surface area contributed by atoms with Gasteiger partial charge in [0.25, 0.3) is 0 Å². The molecule has 0 saturated carbocycles. The molecular weight excluding hydrogens is 338 g/mol. The van der Waals surface area contributed by atoms with Crippen LogP contribution in [0.2, 0.25) is 0 Å². The standard InChI is InChI=1S/C11H21N3O4S.C2H6.CH4S/c1-11(2,3)18-10(15)12-5-6-14-8-9(7-13-14)19(4,16)17;2*1-2/h7-8,16-17H,5-6H2,1-4H3,(H,12,15);1-2H3;2H,1H3. The first-order chi connectivity index (χ1) is 10.6. The summed E-state index contributed by atoms with van der Waals surface area (Å²) in [5, 5.41) is 6.57. The summed E-state index contributed by atoms with van der Waals surface area (Å²) in [6, 6.07) is 0. The SMILES string of the molecule is CC.CC(C)(C)OC(=O)NCCn1cc(S(C)(O)O)cn1.CS. The zero-order valence-corrected chi connectivity index (χ0v) is 16.7. The summed E-state index contributed by atoms with van der Waals surface area (Å²) in [6.07, 6.45) is 5.50. The third-order valence-electron chi connectivity index (χ3n) is 2.07. The van der Waals surface area contributed by atoms with Crippen molar-refractivity contribution < 1.29 is 18.6 Å². The molecule has 138 valence electrons. The minimum atomic E-state index is -2.74. The number of nitrogens with zero attached hydrogens (tertiary/aromatic N) is 2. The van der Waals surface area contributed by atoms with Crippen LogP contribution in [0.3, 0.4) is 0 Å². The van der Waals surface area contributed by atoms with Gasteiger partial charge >= 0.3 is 6.09 Å². The number of rotatable bonds is 4. The summed E-state index contributed by atoms with van der Waals surface area (Å²) in [5.41, 5.74) is -0.526. The molecule has 7 nitrogen and oxygen atoms in total. The van der Waals surface area contributed by atoms with Gasteiger partial charge < -0.3 is 10.1 Å². The van der Waals surface area contributed by atoms with E-state index in [0.29, 0.717) is 18.0 Å². The molecule has 9 heteroatoms. The average molecular weight is 370 g/mol. The van der Waals surface area contributed by atoms with Crippen molar-refractivity contribution in [1.82, 2.24) is 15.1 Å². The maximum atomic E-state index is 11.4. The summed E-state index contributed by atoms with van der Waals surface area (Å²) in [4.78, 5) is 11.8. The lowest BCUT2D eigenvalue weighted by molar-refractivity contribution is 0.0525. The first-order valence-electron chi connectivity index (χ1n) is 7.25. The summed E-state index contributed by atoms with van der Waals surface area (Å²) in [6.45, 7) is 10.1. The van der Waals surface area contributed by atoms with Crippen molar-refractivity contribution in [2.24, 2.45) is 0 Å². The molecule has 0 unspecified atom stereocenters. The van der Waals surface area contributed by atoms with E-state index >= 15 is 0 Å². The Balaban J connectivity index is 0. The smallest absolute Gasteiger partial charge is 0.407 e. The van der Waals surface area contributed by atoms with Gasteiger partial charge in [0.05, 0.1) is 17.6 Å². The van der Waals surface area contributed by atoms with Crippen molar-refractivity contribution in [3.63, 3.8) is 0 Å². The highest BCUT2D eigenvalue weighted by atomic mass is 32.3. The molecule has 0 fully saturated rings. The van der Waals surface area contributed by atoms with Gasteiger partial charge in [-0.1, -0.05) is 13.8 Å². The van der Waals surface area contributed by atoms with Gasteiger partial charge in [-0.2, -0.15) is 28.3 Å². The molecule has 0 spiro atoms. The van der Waals surface area contributed by atoms with Crippen molar-refractivity contribution in [1.29, 1.82) is 0 Å². The minimum absolute atomic E-state index is 0.346. The van der Waals surface area contributed by atoms with E-state index in [1.807, 2.05) is 13.8 Å². The first kappa shape index (κ1) is 24.4. The lowest BCUT2D eigenvalue weighted by atomic mass is 10.2. The number of aromatic nitrogens is 2. The highest BCUT2D eigenvalue weighted by molar-refractivity contribution is 8.23. The normalized spacial score (nSPS) is 11.4. The fourth-order valence-electron chi connectivity index (χ4n) is 1.25. The quantitative estimate of drug-likeness (QED) is 0.607. The van der Waals surface area contributed by atoms with Gasteiger partial charge in [0.2, 0.25) is 0 Å². The highest BCUT2D eigenvalue weighted by Gasteiger charge is 2.15. The fourth-order valence-corrected chi connectivity index (χ4v) is 1.82. The van der Waals surface area contributed by atoms with Crippen LogP contribution in [0.5, 0.6) is 0 Å². The molecule has 0 aliphatic carbocycles. The Bertz CT molecular complexity index is 440. The van der Waals surface area contributed by atoms with Gasteiger partial charge in [0.1, 0.15) is 5.60 Å². The zero-order valence-electron chi connectivity index (χ0n) is 15.0. The molecule has 0 saturated heterocycles. The Morgan fingerprint density at radius 2 is 1.91 bits per heavy atom. The number of hydrogen-bond donors (Lipinski definition) is 4. The molecule has 0 radical (unpaired) electrons. The molecule has 3 N–H and O–H groups in total. The maximum Gasteiger partial charge on any atom is 0.407 e. The Kier molecular flexibility index (Phi) is 12.3. The average Bonchev–Trinajstić information content (AvgIpc) is 2.90. The molecule has 0 aromatic carbocycles. The summed E-state index contributed by atoms with van der Waals surface area (Å²) in [7, 11) is -2.74. The van der Waals surface area contributed by atoms with E-state index < -0.39 is 22.3 Å². The van der Waals surface area contributed by atoms with Gasteiger partial charge in [0.15, 0.2) is 0 Å². The van der Waals surface area contributed by atoms with Gasteiger partial charge in [-0.15, -0.1) is 0 Å². The molecule has 0 aliphatic heterocycles. The van der Waals surface area contributed by atoms with Crippen molar-refractivity contribution >= 4 is 29.3 Å². The lowest BCUT2D eigenvalue weighted by Gasteiger charge is -2.24. The number of ether oxygens (including phenoxy) is 1. The lowest BCUT2D eigenvalue weighted by Crippen LogP contribution is -2.34. The molecule has 1 aromatic heterocycles. The van der Waals surface area contributed by atoms with Crippen LogP contribution in [0.4, 0.5) is 4.79 Å². The molecule has 1 amide bonds.